The first-order valence-corrected chi connectivity index (χ1v) is 11.1. The van der Waals surface area contributed by atoms with E-state index < -0.39 is 0 Å². The number of hydrogen-bond donors (Lipinski definition) is 0. The molecule has 0 aliphatic carbocycles. The molecule has 0 N–H and O–H groups in total. The van der Waals surface area contributed by atoms with Crippen LogP contribution in [0.2, 0.25) is 0 Å². The van der Waals surface area contributed by atoms with Crippen molar-refractivity contribution in [2.75, 3.05) is 6.61 Å². The fourth-order valence-corrected chi connectivity index (χ4v) is 2.93. The van der Waals surface area contributed by atoms with Crippen LogP contribution in [0.3, 0.4) is 0 Å². The van der Waals surface area contributed by atoms with Gasteiger partial charge in [0.15, 0.2) is 0 Å². The number of unbranched alkanes of at least 4 members (excludes halogenated alkanes) is 13. The molecule has 0 heterocycles. The molecule has 0 aliphatic heterocycles. The predicted molar refractivity (Wildman–Crippen MR) is 110 cm³/mol. The Morgan fingerprint density at radius 2 is 1.12 bits per heavy atom. The smallest absolute Gasteiger partial charge is 0.305 e. The molecule has 0 saturated carbocycles. The average Bonchev–Trinajstić information content (AvgIpc) is 2.62. The van der Waals surface area contributed by atoms with Crippen LogP contribution in [-0.2, 0) is 9.53 Å². The van der Waals surface area contributed by atoms with E-state index in [1.165, 1.54) is 77.0 Å². The molecule has 2 nitrogen and oxygen atoms in total. The molecule has 0 bridgehead atoms. The number of ether oxygens (including phenoxy) is 1. The zero-order valence-electron chi connectivity index (χ0n) is 17.2. The first-order valence-electron chi connectivity index (χ1n) is 11.1. The number of esters is 1. The molecular weight excluding hydrogens is 308 g/mol. The molecule has 0 fully saturated rings. The van der Waals surface area contributed by atoms with E-state index in [-0.39, 0.29) is 5.97 Å². The highest BCUT2D eigenvalue weighted by molar-refractivity contribution is 5.69. The molecule has 0 spiro atoms. The number of carbonyl (C=O) groups excluding carboxylic acids is 1. The summed E-state index contributed by atoms with van der Waals surface area (Å²) in [7, 11) is 0. The first-order chi connectivity index (χ1) is 12.3. The van der Waals surface area contributed by atoms with Crippen molar-refractivity contribution >= 4 is 5.97 Å². The fourth-order valence-electron chi connectivity index (χ4n) is 2.93. The minimum absolute atomic E-state index is 0.0253. The summed E-state index contributed by atoms with van der Waals surface area (Å²) in [4.78, 5) is 11.3. The van der Waals surface area contributed by atoms with Gasteiger partial charge in [-0.2, -0.15) is 0 Å². The summed E-state index contributed by atoms with van der Waals surface area (Å²) < 4.78 is 5.21. The van der Waals surface area contributed by atoms with Gasteiger partial charge in [0.05, 0.1) is 6.61 Å². The second kappa shape index (κ2) is 21.3. The molecule has 0 aromatic heterocycles. The molecule has 0 unspecified atom stereocenters. The van der Waals surface area contributed by atoms with Gasteiger partial charge in [0, 0.05) is 6.42 Å². The lowest BCUT2D eigenvalue weighted by Crippen LogP contribution is -2.05. The second-order valence-electron chi connectivity index (χ2n) is 7.26. The maximum Gasteiger partial charge on any atom is 0.305 e. The normalized spacial score (nSPS) is 11.3. The molecule has 0 rings (SSSR count). The van der Waals surface area contributed by atoms with Crippen molar-refractivity contribution in [2.45, 2.75) is 123 Å². The Balaban J connectivity index is 3.14. The second-order valence-corrected chi connectivity index (χ2v) is 7.26. The van der Waals surface area contributed by atoms with Crippen molar-refractivity contribution in [1.29, 1.82) is 0 Å². The third kappa shape index (κ3) is 21.2. The van der Waals surface area contributed by atoms with E-state index in [0.29, 0.717) is 13.0 Å². The average molecular weight is 353 g/mol. The van der Waals surface area contributed by atoms with Crippen LogP contribution in [0.25, 0.3) is 0 Å². The van der Waals surface area contributed by atoms with Crippen molar-refractivity contribution in [3.63, 3.8) is 0 Å². The predicted octanol–water partition coefficient (Wildman–Crippen LogP) is 7.76. The van der Waals surface area contributed by atoms with Crippen molar-refractivity contribution in [3.8, 4) is 0 Å². The number of hydrogen-bond acceptors (Lipinski definition) is 2. The highest BCUT2D eigenvalue weighted by Crippen LogP contribution is 2.11. The van der Waals surface area contributed by atoms with Crippen molar-refractivity contribution in [3.05, 3.63) is 12.2 Å². The van der Waals surface area contributed by atoms with Gasteiger partial charge in [-0.3, -0.25) is 4.79 Å². The molecule has 25 heavy (non-hydrogen) atoms. The van der Waals surface area contributed by atoms with Crippen molar-refractivity contribution in [2.24, 2.45) is 0 Å². The van der Waals surface area contributed by atoms with E-state index in [2.05, 4.69) is 26.0 Å². The first kappa shape index (κ1) is 24.2. The monoisotopic (exact) mass is 352 g/mol. The summed E-state index contributed by atoms with van der Waals surface area (Å²) >= 11 is 0. The van der Waals surface area contributed by atoms with Gasteiger partial charge in [0.2, 0.25) is 0 Å². The molecule has 0 aromatic rings. The molecule has 2 heteroatoms. The maximum absolute atomic E-state index is 11.3. The lowest BCUT2D eigenvalue weighted by Gasteiger charge is -2.03. The van der Waals surface area contributed by atoms with Crippen LogP contribution in [0.1, 0.15) is 123 Å². The summed E-state index contributed by atoms with van der Waals surface area (Å²) in [5.41, 5.74) is 0. The van der Waals surface area contributed by atoms with Gasteiger partial charge in [-0.25, -0.2) is 0 Å². The van der Waals surface area contributed by atoms with E-state index in [9.17, 15) is 4.79 Å². The quantitative estimate of drug-likeness (QED) is 0.135. The zero-order chi connectivity index (χ0) is 18.4. The van der Waals surface area contributed by atoms with Gasteiger partial charge in [0.25, 0.3) is 0 Å². The van der Waals surface area contributed by atoms with E-state index in [1.807, 2.05) is 0 Å². The standard InChI is InChI=1S/C23H44O2/c1-3-5-7-8-9-10-11-12-13-14-15-16-17-18-19-20-22-25-23(24)21-6-4-2/h15-16H,3-14,17-22H2,1-2H3/b16-15+. The molecule has 0 aliphatic rings. The molecule has 0 amide bonds. The number of allylic oxidation sites excluding steroid dienone is 2. The molecule has 0 atom stereocenters. The Kier molecular flexibility index (Phi) is 20.6. The van der Waals surface area contributed by atoms with Crippen LogP contribution in [0, 0.1) is 0 Å². The topological polar surface area (TPSA) is 26.3 Å². The van der Waals surface area contributed by atoms with Gasteiger partial charge in [-0.1, -0.05) is 83.8 Å². The van der Waals surface area contributed by atoms with Crippen molar-refractivity contribution in [1.82, 2.24) is 0 Å². The molecule has 148 valence electrons. The van der Waals surface area contributed by atoms with Crippen LogP contribution >= 0.6 is 0 Å². The van der Waals surface area contributed by atoms with E-state index >= 15 is 0 Å². The fraction of sp³-hybridized carbons (Fsp3) is 0.870. The Morgan fingerprint density at radius 1 is 0.640 bits per heavy atom. The summed E-state index contributed by atoms with van der Waals surface area (Å²) in [5, 5.41) is 0. The minimum Gasteiger partial charge on any atom is -0.466 e. The van der Waals surface area contributed by atoms with Crippen LogP contribution in [0.4, 0.5) is 0 Å². The molecule has 0 saturated heterocycles. The molecular formula is C23H44O2. The maximum atomic E-state index is 11.3. The summed E-state index contributed by atoms with van der Waals surface area (Å²) in [6.07, 6.45) is 25.7. The Labute approximate surface area is 157 Å². The van der Waals surface area contributed by atoms with Gasteiger partial charge in [-0.05, 0) is 44.9 Å². The highest BCUT2D eigenvalue weighted by Gasteiger charge is 2.00. The Bertz CT molecular complexity index is 296. The van der Waals surface area contributed by atoms with Gasteiger partial charge in [0.1, 0.15) is 0 Å². The Morgan fingerprint density at radius 3 is 1.68 bits per heavy atom. The van der Waals surface area contributed by atoms with E-state index in [4.69, 9.17) is 4.74 Å². The van der Waals surface area contributed by atoms with Gasteiger partial charge in [-0.15, -0.1) is 0 Å². The largest absolute Gasteiger partial charge is 0.466 e. The summed E-state index contributed by atoms with van der Waals surface area (Å²) in [5.74, 6) is -0.0253. The summed E-state index contributed by atoms with van der Waals surface area (Å²) in [6.45, 7) is 4.97. The zero-order valence-corrected chi connectivity index (χ0v) is 17.2. The molecule has 0 aromatic carbocycles. The summed E-state index contributed by atoms with van der Waals surface area (Å²) in [6, 6.07) is 0. The van der Waals surface area contributed by atoms with E-state index in [1.54, 1.807) is 0 Å². The number of carbonyl (C=O) groups is 1. The van der Waals surface area contributed by atoms with Crippen LogP contribution < -0.4 is 0 Å². The van der Waals surface area contributed by atoms with E-state index in [0.717, 1.165) is 25.7 Å². The SMILES string of the molecule is CCCCCCCCCCC/C=C/CCCCCOC(=O)CCCC. The minimum atomic E-state index is -0.0253. The van der Waals surface area contributed by atoms with Crippen LogP contribution in [0.15, 0.2) is 12.2 Å². The Hall–Kier alpha value is -0.790. The highest BCUT2D eigenvalue weighted by atomic mass is 16.5. The molecule has 0 radical (unpaired) electrons. The number of rotatable bonds is 19. The van der Waals surface area contributed by atoms with Crippen LogP contribution in [-0.4, -0.2) is 12.6 Å². The lowest BCUT2D eigenvalue weighted by molar-refractivity contribution is -0.143. The third-order valence-electron chi connectivity index (χ3n) is 4.65. The lowest BCUT2D eigenvalue weighted by atomic mass is 10.1. The van der Waals surface area contributed by atoms with Crippen LogP contribution in [0.5, 0.6) is 0 Å². The van der Waals surface area contributed by atoms with Crippen molar-refractivity contribution < 1.29 is 9.53 Å². The van der Waals surface area contributed by atoms with Gasteiger partial charge < -0.3 is 4.74 Å². The van der Waals surface area contributed by atoms with Gasteiger partial charge >= 0.3 is 5.97 Å². The third-order valence-corrected chi connectivity index (χ3v) is 4.65.